The first-order valence-electron chi connectivity index (χ1n) is 13.4. The lowest BCUT2D eigenvalue weighted by molar-refractivity contribution is -0.142. The topological polar surface area (TPSA) is 58.6 Å². The van der Waals surface area contributed by atoms with E-state index in [1.807, 2.05) is 66.7 Å². The van der Waals surface area contributed by atoms with Gasteiger partial charge in [0.2, 0.25) is 0 Å². The quantitative estimate of drug-likeness (QED) is 0.303. The van der Waals surface area contributed by atoms with Crippen LogP contribution >= 0.6 is 11.6 Å². The predicted molar refractivity (Wildman–Crippen MR) is 153 cm³/mol. The number of nitrogens with zero attached hydrogens (tertiary/aromatic N) is 1. The third-order valence-corrected chi connectivity index (χ3v) is 7.94. The number of hydrogen-bond acceptors (Lipinski definition) is 4. The molecular formula is C32H37ClN2O3. The van der Waals surface area contributed by atoms with Crippen molar-refractivity contribution in [3.63, 3.8) is 0 Å². The van der Waals surface area contributed by atoms with Crippen LogP contribution in [-0.4, -0.2) is 49.6 Å². The number of carbonyl (C=O) groups is 2. The number of amides is 1. The average Bonchev–Trinajstić information content (AvgIpc) is 2.95. The molecule has 1 atom stereocenters. The number of ether oxygens (including phenoxy) is 1. The molecule has 1 heterocycles. The van der Waals surface area contributed by atoms with Gasteiger partial charge in [-0.2, -0.15) is 0 Å². The van der Waals surface area contributed by atoms with E-state index in [1.165, 1.54) is 12.7 Å². The van der Waals surface area contributed by atoms with Crippen LogP contribution < -0.4 is 5.32 Å². The molecule has 1 N–H and O–H groups in total. The molecule has 1 aliphatic rings. The highest BCUT2D eigenvalue weighted by molar-refractivity contribution is 6.30. The summed E-state index contributed by atoms with van der Waals surface area (Å²) in [5.74, 6) is -0.207. The van der Waals surface area contributed by atoms with Crippen molar-refractivity contribution in [3.8, 4) is 11.1 Å². The van der Waals surface area contributed by atoms with Crippen LogP contribution in [-0.2, 0) is 14.9 Å². The minimum Gasteiger partial charge on any atom is -0.469 e. The van der Waals surface area contributed by atoms with Crippen LogP contribution in [0.1, 0.15) is 54.9 Å². The third kappa shape index (κ3) is 7.24. The fourth-order valence-electron chi connectivity index (χ4n) is 5.39. The zero-order valence-electron chi connectivity index (χ0n) is 22.3. The number of likely N-dealkylation sites (tertiary alicyclic amines) is 1. The van der Waals surface area contributed by atoms with Crippen molar-refractivity contribution in [3.05, 3.63) is 95.0 Å². The highest BCUT2D eigenvalue weighted by Gasteiger charge is 2.30. The van der Waals surface area contributed by atoms with E-state index < -0.39 is 0 Å². The summed E-state index contributed by atoms with van der Waals surface area (Å²) in [6, 6.07) is 25.7. The maximum Gasteiger partial charge on any atom is 0.306 e. The van der Waals surface area contributed by atoms with Crippen LogP contribution in [0.25, 0.3) is 11.1 Å². The van der Waals surface area contributed by atoms with E-state index in [0.29, 0.717) is 17.0 Å². The van der Waals surface area contributed by atoms with Crippen molar-refractivity contribution in [2.24, 2.45) is 0 Å². The Morgan fingerprint density at radius 1 is 0.974 bits per heavy atom. The lowest BCUT2D eigenvalue weighted by atomic mass is 9.76. The summed E-state index contributed by atoms with van der Waals surface area (Å²) in [5, 5.41) is 3.94. The van der Waals surface area contributed by atoms with Gasteiger partial charge >= 0.3 is 5.97 Å². The van der Waals surface area contributed by atoms with Crippen LogP contribution in [0.2, 0.25) is 5.02 Å². The lowest BCUT2D eigenvalue weighted by Gasteiger charge is -2.34. The van der Waals surface area contributed by atoms with Gasteiger partial charge in [-0.1, -0.05) is 79.2 Å². The van der Waals surface area contributed by atoms with Crippen molar-refractivity contribution in [1.29, 1.82) is 0 Å². The molecule has 5 nitrogen and oxygen atoms in total. The fourth-order valence-corrected chi connectivity index (χ4v) is 5.51. The molecule has 6 heteroatoms. The van der Waals surface area contributed by atoms with Gasteiger partial charge in [-0.15, -0.1) is 0 Å². The van der Waals surface area contributed by atoms with E-state index >= 15 is 0 Å². The Morgan fingerprint density at radius 2 is 1.63 bits per heavy atom. The molecule has 3 aromatic rings. The number of piperidine rings is 1. The molecule has 1 unspecified atom stereocenters. The van der Waals surface area contributed by atoms with Crippen molar-refractivity contribution in [2.45, 2.75) is 50.5 Å². The molecule has 0 spiro atoms. The Labute approximate surface area is 231 Å². The summed E-state index contributed by atoms with van der Waals surface area (Å²) in [6.07, 6.45) is 4.12. The zero-order valence-corrected chi connectivity index (χ0v) is 23.0. The number of nitrogens with one attached hydrogen (secondary N) is 1. The van der Waals surface area contributed by atoms with Gasteiger partial charge in [0.25, 0.3) is 5.91 Å². The maximum absolute atomic E-state index is 13.2. The Bertz CT molecular complexity index is 1210. The molecule has 4 rings (SSSR count). The first-order valence-corrected chi connectivity index (χ1v) is 13.8. The second kappa shape index (κ2) is 13.1. The Morgan fingerprint density at radius 3 is 2.32 bits per heavy atom. The summed E-state index contributed by atoms with van der Waals surface area (Å²) >= 11 is 6.05. The van der Waals surface area contributed by atoms with Crippen molar-refractivity contribution in [2.75, 3.05) is 26.7 Å². The average molecular weight is 533 g/mol. The van der Waals surface area contributed by atoms with Crippen LogP contribution in [0.3, 0.4) is 0 Å². The number of esters is 1. The molecule has 1 fully saturated rings. The summed E-state index contributed by atoms with van der Waals surface area (Å²) in [7, 11) is 1.45. The van der Waals surface area contributed by atoms with Gasteiger partial charge in [0, 0.05) is 35.1 Å². The van der Waals surface area contributed by atoms with Gasteiger partial charge in [-0.25, -0.2) is 0 Å². The van der Waals surface area contributed by atoms with Gasteiger partial charge in [0.05, 0.1) is 13.5 Å². The minimum atomic E-state index is -0.252. The SMILES string of the molecule is COC(=O)CC(C)(CCCN1CCC(NC(=O)c2ccccc2-c2ccc(Cl)cc2)CC1)c1ccccc1. The number of hydrogen-bond donors (Lipinski definition) is 1. The number of halogens is 1. The Balaban J connectivity index is 1.28. The van der Waals surface area contributed by atoms with Gasteiger partial charge in [-0.3, -0.25) is 9.59 Å². The van der Waals surface area contributed by atoms with Crippen LogP contribution in [0.5, 0.6) is 0 Å². The van der Waals surface area contributed by atoms with Gasteiger partial charge < -0.3 is 15.0 Å². The second-order valence-corrected chi connectivity index (χ2v) is 10.9. The van der Waals surface area contributed by atoms with Crippen molar-refractivity contribution < 1.29 is 14.3 Å². The molecule has 1 amide bonds. The van der Waals surface area contributed by atoms with Crippen molar-refractivity contribution >= 4 is 23.5 Å². The number of methoxy groups -OCH3 is 1. The molecule has 0 radical (unpaired) electrons. The van der Waals surface area contributed by atoms with E-state index in [1.54, 1.807) is 0 Å². The normalized spacial score (nSPS) is 16.0. The molecule has 0 aromatic heterocycles. The highest BCUT2D eigenvalue weighted by atomic mass is 35.5. The molecule has 38 heavy (non-hydrogen) atoms. The summed E-state index contributed by atoms with van der Waals surface area (Å²) in [4.78, 5) is 27.8. The van der Waals surface area contributed by atoms with E-state index in [0.717, 1.165) is 56.4 Å². The summed E-state index contributed by atoms with van der Waals surface area (Å²) in [5.41, 5.74) is 3.49. The molecule has 3 aromatic carbocycles. The third-order valence-electron chi connectivity index (χ3n) is 7.69. The minimum absolute atomic E-state index is 0.0320. The van der Waals surface area contributed by atoms with Gasteiger partial charge in [-0.05, 0) is 67.1 Å². The second-order valence-electron chi connectivity index (χ2n) is 10.4. The van der Waals surface area contributed by atoms with E-state index in [2.05, 4.69) is 29.3 Å². The number of rotatable bonds is 10. The van der Waals surface area contributed by atoms with Gasteiger partial charge in [0.15, 0.2) is 0 Å². The first-order chi connectivity index (χ1) is 18.4. The summed E-state index contributed by atoms with van der Waals surface area (Å²) in [6.45, 7) is 5.03. The van der Waals surface area contributed by atoms with Crippen LogP contribution in [0, 0.1) is 0 Å². The largest absolute Gasteiger partial charge is 0.469 e. The van der Waals surface area contributed by atoms with E-state index in [4.69, 9.17) is 16.3 Å². The van der Waals surface area contributed by atoms with E-state index in [-0.39, 0.29) is 23.3 Å². The molecule has 0 saturated carbocycles. The number of benzene rings is 3. The summed E-state index contributed by atoms with van der Waals surface area (Å²) < 4.78 is 4.99. The molecule has 1 saturated heterocycles. The monoisotopic (exact) mass is 532 g/mol. The molecular weight excluding hydrogens is 496 g/mol. The van der Waals surface area contributed by atoms with Crippen molar-refractivity contribution in [1.82, 2.24) is 10.2 Å². The highest BCUT2D eigenvalue weighted by Crippen LogP contribution is 2.33. The predicted octanol–water partition coefficient (Wildman–Crippen LogP) is 6.50. The standard InChI is InChI=1S/C32H37ClN2O3/c1-32(23-30(36)38-2,25-9-4-3-5-10-25)19-8-20-35-21-17-27(18-22-35)34-31(37)29-12-7-6-11-28(29)24-13-15-26(33)16-14-24/h3-7,9-16,27H,8,17-23H2,1-2H3,(H,34,37). The van der Waals surface area contributed by atoms with Gasteiger partial charge in [0.1, 0.15) is 0 Å². The van der Waals surface area contributed by atoms with Crippen LogP contribution in [0.4, 0.5) is 0 Å². The zero-order chi connectivity index (χ0) is 27.0. The molecule has 1 aliphatic heterocycles. The first kappa shape index (κ1) is 27.9. The maximum atomic E-state index is 13.2. The molecule has 200 valence electrons. The number of carbonyl (C=O) groups excluding carboxylic acids is 2. The lowest BCUT2D eigenvalue weighted by Crippen LogP contribution is -2.45. The molecule has 0 aliphatic carbocycles. The Kier molecular flexibility index (Phi) is 9.59. The molecule has 0 bridgehead atoms. The Hall–Kier alpha value is -3.15. The van der Waals surface area contributed by atoms with E-state index in [9.17, 15) is 9.59 Å². The fraction of sp³-hybridized carbons (Fsp3) is 0.375. The van der Waals surface area contributed by atoms with Crippen LogP contribution in [0.15, 0.2) is 78.9 Å². The smallest absolute Gasteiger partial charge is 0.306 e.